The van der Waals surface area contributed by atoms with E-state index in [1.807, 2.05) is 27.7 Å². The molecule has 2 fully saturated rings. The van der Waals surface area contributed by atoms with Gasteiger partial charge in [-0.25, -0.2) is 0 Å². The number of halogens is 3. The number of hydrogen-bond acceptors (Lipinski definition) is 2. The Morgan fingerprint density at radius 2 is 1.32 bits per heavy atom. The highest BCUT2D eigenvalue weighted by Gasteiger charge is 2.54. The van der Waals surface area contributed by atoms with Crippen LogP contribution in [0.3, 0.4) is 0 Å². The zero-order valence-corrected chi connectivity index (χ0v) is 12.0. The van der Waals surface area contributed by atoms with E-state index >= 15 is 0 Å². The quantitative estimate of drug-likeness (QED) is 0.669. The topological polar surface area (TPSA) is 18.5 Å². The summed E-state index contributed by atoms with van der Waals surface area (Å²) in [6.07, 6.45) is -2.61. The van der Waals surface area contributed by atoms with Crippen LogP contribution in [0.2, 0.25) is 5.82 Å². The molecule has 1 saturated heterocycles. The van der Waals surface area contributed by atoms with Crippen LogP contribution in [-0.2, 0) is 9.31 Å². The van der Waals surface area contributed by atoms with Gasteiger partial charge >= 0.3 is 13.3 Å². The summed E-state index contributed by atoms with van der Waals surface area (Å²) < 4.78 is 49.7. The Morgan fingerprint density at radius 1 is 0.895 bits per heavy atom. The van der Waals surface area contributed by atoms with Crippen LogP contribution in [0.1, 0.15) is 53.4 Å². The van der Waals surface area contributed by atoms with Gasteiger partial charge in [-0.3, -0.25) is 0 Å². The van der Waals surface area contributed by atoms with Crippen molar-refractivity contribution in [2.45, 2.75) is 76.6 Å². The van der Waals surface area contributed by atoms with Gasteiger partial charge in [0.05, 0.1) is 17.1 Å². The summed E-state index contributed by atoms with van der Waals surface area (Å²) >= 11 is 0. The average Bonchev–Trinajstić information content (AvgIpc) is 2.47. The first-order valence-electron chi connectivity index (χ1n) is 6.95. The maximum absolute atomic E-state index is 12.6. The third kappa shape index (κ3) is 2.94. The molecule has 1 aliphatic heterocycles. The minimum atomic E-state index is -4.05. The van der Waals surface area contributed by atoms with Gasteiger partial charge in [0.25, 0.3) is 0 Å². The van der Waals surface area contributed by atoms with Crippen molar-refractivity contribution in [2.24, 2.45) is 5.92 Å². The monoisotopic (exact) mass is 278 g/mol. The number of rotatable bonds is 1. The summed E-state index contributed by atoms with van der Waals surface area (Å²) in [5.41, 5.74) is -0.808. The fourth-order valence-corrected chi connectivity index (χ4v) is 2.80. The van der Waals surface area contributed by atoms with E-state index in [2.05, 4.69) is 0 Å². The summed E-state index contributed by atoms with van der Waals surface area (Å²) in [4.78, 5) is 0. The molecule has 0 aromatic heterocycles. The van der Waals surface area contributed by atoms with E-state index in [0.717, 1.165) is 0 Å². The highest BCUT2D eigenvalue weighted by molar-refractivity contribution is 6.47. The molecule has 1 saturated carbocycles. The summed E-state index contributed by atoms with van der Waals surface area (Å²) in [7, 11) is -0.362. The van der Waals surface area contributed by atoms with E-state index in [0.29, 0.717) is 12.8 Å². The molecule has 0 atom stereocenters. The van der Waals surface area contributed by atoms with E-state index in [1.54, 1.807) is 0 Å². The van der Waals surface area contributed by atoms with Crippen molar-refractivity contribution < 1.29 is 22.5 Å². The first kappa shape index (κ1) is 15.2. The highest BCUT2D eigenvalue weighted by atomic mass is 19.4. The van der Waals surface area contributed by atoms with E-state index in [4.69, 9.17) is 9.31 Å². The Labute approximate surface area is 113 Å². The second-order valence-electron chi connectivity index (χ2n) is 6.78. The van der Waals surface area contributed by atoms with Crippen LogP contribution in [0.25, 0.3) is 0 Å². The molecule has 19 heavy (non-hydrogen) atoms. The van der Waals surface area contributed by atoms with Gasteiger partial charge in [-0.1, -0.05) is 12.8 Å². The van der Waals surface area contributed by atoms with Gasteiger partial charge < -0.3 is 9.31 Å². The normalized spacial score (nSPS) is 34.6. The minimum Gasteiger partial charge on any atom is -0.403 e. The number of hydrogen-bond donors (Lipinski definition) is 0. The lowest BCUT2D eigenvalue weighted by Gasteiger charge is -2.32. The molecule has 0 bridgehead atoms. The molecule has 0 N–H and O–H groups in total. The minimum absolute atomic E-state index is 0.0830. The average molecular weight is 278 g/mol. The van der Waals surface area contributed by atoms with Gasteiger partial charge in [0, 0.05) is 0 Å². The lowest BCUT2D eigenvalue weighted by atomic mass is 9.62. The van der Waals surface area contributed by atoms with Gasteiger partial charge in [0.1, 0.15) is 0 Å². The first-order valence-corrected chi connectivity index (χ1v) is 6.95. The van der Waals surface area contributed by atoms with Crippen molar-refractivity contribution in [3.05, 3.63) is 0 Å². The largest absolute Gasteiger partial charge is 0.461 e. The van der Waals surface area contributed by atoms with Crippen molar-refractivity contribution in [1.29, 1.82) is 0 Å². The van der Waals surface area contributed by atoms with Crippen LogP contribution in [0.4, 0.5) is 13.2 Å². The third-order valence-corrected chi connectivity index (χ3v) is 4.89. The predicted octanol–water partition coefficient (Wildman–Crippen LogP) is 4.20. The van der Waals surface area contributed by atoms with E-state index in [1.165, 1.54) is 0 Å². The molecule has 0 amide bonds. The molecule has 1 aliphatic carbocycles. The highest BCUT2D eigenvalue weighted by Crippen LogP contribution is 2.47. The van der Waals surface area contributed by atoms with Gasteiger partial charge in [-0.15, -0.1) is 0 Å². The van der Waals surface area contributed by atoms with Gasteiger partial charge in [0.15, 0.2) is 0 Å². The third-order valence-electron chi connectivity index (χ3n) is 4.89. The molecular weight excluding hydrogens is 256 g/mol. The second-order valence-corrected chi connectivity index (χ2v) is 6.78. The maximum Gasteiger partial charge on any atom is 0.461 e. The Morgan fingerprint density at radius 3 is 1.68 bits per heavy atom. The van der Waals surface area contributed by atoms with Crippen LogP contribution in [0.15, 0.2) is 0 Å². The molecule has 0 aromatic rings. The van der Waals surface area contributed by atoms with E-state index in [9.17, 15) is 13.2 Å². The molecule has 6 heteroatoms. The van der Waals surface area contributed by atoms with Crippen molar-refractivity contribution >= 4 is 7.12 Å². The van der Waals surface area contributed by atoms with Crippen LogP contribution in [-0.4, -0.2) is 24.5 Å². The molecule has 2 rings (SSSR count). The Balaban J connectivity index is 1.94. The van der Waals surface area contributed by atoms with Gasteiger partial charge in [-0.05, 0) is 46.4 Å². The summed E-state index contributed by atoms with van der Waals surface area (Å²) in [5.74, 6) is -1.06. The van der Waals surface area contributed by atoms with Crippen molar-refractivity contribution in [2.75, 3.05) is 0 Å². The summed E-state index contributed by atoms with van der Waals surface area (Å²) in [6, 6.07) is 0. The molecule has 0 spiro atoms. The van der Waals surface area contributed by atoms with Crippen LogP contribution < -0.4 is 0 Å². The van der Waals surface area contributed by atoms with Crippen molar-refractivity contribution in [1.82, 2.24) is 0 Å². The lowest BCUT2D eigenvalue weighted by Crippen LogP contribution is -2.41. The van der Waals surface area contributed by atoms with Crippen LogP contribution >= 0.6 is 0 Å². The maximum atomic E-state index is 12.6. The van der Waals surface area contributed by atoms with Gasteiger partial charge in [-0.2, -0.15) is 13.2 Å². The Hall–Kier alpha value is -0.225. The van der Waals surface area contributed by atoms with Crippen LogP contribution in [0, 0.1) is 5.92 Å². The SMILES string of the molecule is CC1(C)OB(C2CCC(C(F)(F)F)CC2)OC1(C)C. The number of alkyl halides is 3. The molecule has 2 aliphatic rings. The fourth-order valence-electron chi connectivity index (χ4n) is 2.80. The smallest absolute Gasteiger partial charge is 0.403 e. The standard InChI is InChI=1S/C13H22BF3O2/c1-11(2)12(3,4)19-14(18-11)10-7-5-9(6-8-10)13(15,16)17/h9-10H,5-8H2,1-4H3. The molecule has 110 valence electrons. The van der Waals surface area contributed by atoms with Crippen molar-refractivity contribution in [3.8, 4) is 0 Å². The molecule has 0 radical (unpaired) electrons. The Kier molecular flexibility index (Phi) is 3.72. The zero-order chi connectivity index (χ0) is 14.5. The van der Waals surface area contributed by atoms with Crippen LogP contribution in [0.5, 0.6) is 0 Å². The molecule has 0 aromatic carbocycles. The molecule has 2 nitrogen and oxygen atoms in total. The Bertz CT molecular complexity index is 317. The molecular formula is C13H22BF3O2. The summed E-state index contributed by atoms with van der Waals surface area (Å²) in [5, 5.41) is 0. The summed E-state index contributed by atoms with van der Waals surface area (Å²) in [6.45, 7) is 7.87. The lowest BCUT2D eigenvalue weighted by molar-refractivity contribution is -0.182. The van der Waals surface area contributed by atoms with Gasteiger partial charge in [0.2, 0.25) is 0 Å². The fraction of sp³-hybridized carbons (Fsp3) is 1.00. The molecule has 0 unspecified atom stereocenters. The molecule has 1 heterocycles. The zero-order valence-electron chi connectivity index (χ0n) is 12.0. The van der Waals surface area contributed by atoms with Crippen molar-refractivity contribution in [3.63, 3.8) is 0 Å². The van der Waals surface area contributed by atoms with E-state index in [-0.39, 0.29) is 25.8 Å². The second kappa shape index (κ2) is 4.66. The van der Waals surface area contributed by atoms with E-state index < -0.39 is 23.3 Å². The first-order chi connectivity index (χ1) is 8.53. The predicted molar refractivity (Wildman–Crippen MR) is 67.8 cm³/mol.